The zero-order chi connectivity index (χ0) is 21.4. The van der Waals surface area contributed by atoms with Crippen molar-refractivity contribution < 1.29 is 9.13 Å². The summed E-state index contributed by atoms with van der Waals surface area (Å²) in [6, 6.07) is 15.9. The van der Waals surface area contributed by atoms with Crippen LogP contribution in [0.4, 0.5) is 4.39 Å². The number of aromatic nitrogens is 2. The average Bonchev–Trinajstić information content (AvgIpc) is 2.72. The second-order valence-electron chi connectivity index (χ2n) is 7.26. The Morgan fingerprint density at radius 3 is 2.60 bits per heavy atom. The molecule has 2 aromatic carbocycles. The van der Waals surface area contributed by atoms with Crippen molar-refractivity contribution in [2.75, 3.05) is 0 Å². The quantitative estimate of drug-likeness (QED) is 0.321. The Morgan fingerprint density at radius 1 is 1.10 bits per heavy atom. The Labute approximate surface area is 187 Å². The summed E-state index contributed by atoms with van der Waals surface area (Å²) >= 11 is 2.23. The molecule has 1 atom stereocenters. The average molecular weight is 514 g/mol. The molecule has 0 spiro atoms. The molecule has 4 aromatic rings. The van der Waals surface area contributed by atoms with Crippen LogP contribution < -0.4 is 10.3 Å². The van der Waals surface area contributed by atoms with Crippen LogP contribution in [0.1, 0.15) is 29.7 Å². The molecule has 1 unspecified atom stereocenters. The molecule has 0 amide bonds. The van der Waals surface area contributed by atoms with E-state index in [-0.39, 0.29) is 17.5 Å². The van der Waals surface area contributed by atoms with Crippen LogP contribution in [0, 0.1) is 23.2 Å². The van der Waals surface area contributed by atoms with E-state index in [1.54, 1.807) is 29.7 Å². The highest BCUT2D eigenvalue weighted by Gasteiger charge is 2.19. The van der Waals surface area contributed by atoms with E-state index in [2.05, 4.69) is 22.6 Å². The standard InChI is InChI=1S/C24H20FIN2O2/c1-14-11-19(16(3)30-21-10-5-4-9-20(21)26)23-27-22(15(2)24(29)28(23)13-14)17-7-6-8-18(25)12-17/h4-13,16H,1-3H3. The summed E-state index contributed by atoms with van der Waals surface area (Å²) in [6.07, 6.45) is 1.43. The molecule has 0 N–H and O–H groups in total. The highest BCUT2D eigenvalue weighted by molar-refractivity contribution is 14.1. The van der Waals surface area contributed by atoms with E-state index in [9.17, 15) is 9.18 Å². The van der Waals surface area contributed by atoms with E-state index < -0.39 is 0 Å². The monoisotopic (exact) mass is 514 g/mol. The van der Waals surface area contributed by atoms with Gasteiger partial charge in [0.2, 0.25) is 0 Å². The van der Waals surface area contributed by atoms with Crippen molar-refractivity contribution in [1.82, 2.24) is 9.38 Å². The van der Waals surface area contributed by atoms with Crippen LogP contribution in [0.15, 0.2) is 65.6 Å². The fourth-order valence-electron chi connectivity index (χ4n) is 3.51. The molecular formula is C24H20FIN2O2. The predicted molar refractivity (Wildman–Crippen MR) is 125 cm³/mol. The van der Waals surface area contributed by atoms with Crippen LogP contribution in [-0.2, 0) is 0 Å². The van der Waals surface area contributed by atoms with Gasteiger partial charge in [0, 0.05) is 22.9 Å². The van der Waals surface area contributed by atoms with Gasteiger partial charge in [-0.25, -0.2) is 9.37 Å². The molecule has 0 aliphatic carbocycles. The fraction of sp³-hybridized carbons (Fsp3) is 0.167. The van der Waals surface area contributed by atoms with Gasteiger partial charge >= 0.3 is 0 Å². The number of hydrogen-bond donors (Lipinski definition) is 0. The molecule has 0 fully saturated rings. The molecule has 0 aliphatic heterocycles. The summed E-state index contributed by atoms with van der Waals surface area (Å²) in [5.74, 6) is 0.401. The second kappa shape index (κ2) is 8.18. The van der Waals surface area contributed by atoms with Gasteiger partial charge in [0.25, 0.3) is 5.56 Å². The van der Waals surface area contributed by atoms with Crippen molar-refractivity contribution in [2.24, 2.45) is 0 Å². The first-order chi connectivity index (χ1) is 14.3. The number of nitrogens with zero attached hydrogens (tertiary/aromatic N) is 2. The van der Waals surface area contributed by atoms with Crippen molar-refractivity contribution in [3.8, 4) is 17.0 Å². The van der Waals surface area contributed by atoms with E-state index in [0.717, 1.165) is 20.4 Å². The summed E-state index contributed by atoms with van der Waals surface area (Å²) in [6.45, 7) is 5.59. The smallest absolute Gasteiger partial charge is 0.261 e. The highest BCUT2D eigenvalue weighted by atomic mass is 127. The van der Waals surface area contributed by atoms with Crippen LogP contribution in [0.3, 0.4) is 0 Å². The van der Waals surface area contributed by atoms with E-state index >= 15 is 0 Å². The molecule has 0 bridgehead atoms. The van der Waals surface area contributed by atoms with Crippen molar-refractivity contribution in [2.45, 2.75) is 26.9 Å². The lowest BCUT2D eigenvalue weighted by Gasteiger charge is -2.19. The van der Waals surface area contributed by atoms with Crippen molar-refractivity contribution in [3.05, 3.63) is 97.2 Å². The summed E-state index contributed by atoms with van der Waals surface area (Å²) < 4.78 is 22.6. The summed E-state index contributed by atoms with van der Waals surface area (Å²) in [7, 11) is 0. The third-order valence-corrected chi connectivity index (χ3v) is 5.88. The number of fused-ring (bicyclic) bond motifs is 1. The van der Waals surface area contributed by atoms with Crippen molar-refractivity contribution in [3.63, 3.8) is 0 Å². The number of rotatable bonds is 4. The maximum Gasteiger partial charge on any atom is 0.261 e. The maximum absolute atomic E-state index is 13.8. The SMILES string of the molecule is Cc1cc(C(C)Oc2ccccc2I)c2nc(-c3cccc(F)c3)c(C)c(=O)n2c1. The molecular weight excluding hydrogens is 494 g/mol. The fourth-order valence-corrected chi connectivity index (χ4v) is 4.02. The molecule has 0 aliphatic rings. The number of para-hydroxylation sites is 1. The second-order valence-corrected chi connectivity index (χ2v) is 8.42. The van der Waals surface area contributed by atoms with Gasteiger partial charge in [0.05, 0.1) is 9.26 Å². The number of halogens is 2. The Kier molecular flexibility index (Phi) is 5.60. The van der Waals surface area contributed by atoms with Crippen molar-refractivity contribution >= 4 is 28.2 Å². The minimum absolute atomic E-state index is 0.175. The molecule has 30 heavy (non-hydrogen) atoms. The highest BCUT2D eigenvalue weighted by Crippen LogP contribution is 2.29. The Morgan fingerprint density at radius 2 is 1.87 bits per heavy atom. The van der Waals surface area contributed by atoms with Gasteiger partial charge in [-0.1, -0.05) is 24.3 Å². The summed E-state index contributed by atoms with van der Waals surface area (Å²) in [5, 5.41) is 0. The third-order valence-electron chi connectivity index (χ3n) is 4.99. The minimum atomic E-state index is -0.367. The molecule has 6 heteroatoms. The summed E-state index contributed by atoms with van der Waals surface area (Å²) in [4.78, 5) is 17.9. The number of ether oxygens (including phenoxy) is 1. The van der Waals surface area contributed by atoms with Crippen molar-refractivity contribution in [1.29, 1.82) is 0 Å². The van der Waals surface area contributed by atoms with E-state index in [0.29, 0.717) is 22.5 Å². The molecule has 0 saturated carbocycles. The third kappa shape index (κ3) is 3.84. The van der Waals surface area contributed by atoms with Crippen LogP contribution in [-0.4, -0.2) is 9.38 Å². The minimum Gasteiger partial charge on any atom is -0.485 e. The zero-order valence-electron chi connectivity index (χ0n) is 16.8. The maximum atomic E-state index is 13.8. The first-order valence-electron chi connectivity index (χ1n) is 9.56. The zero-order valence-corrected chi connectivity index (χ0v) is 19.0. The van der Waals surface area contributed by atoms with Gasteiger partial charge in [-0.2, -0.15) is 0 Å². The summed E-state index contributed by atoms with van der Waals surface area (Å²) in [5.41, 5.74) is 3.58. The largest absolute Gasteiger partial charge is 0.485 e. The van der Waals surface area contributed by atoms with Crippen LogP contribution in [0.2, 0.25) is 0 Å². The normalized spacial score (nSPS) is 12.2. The molecule has 152 valence electrons. The lowest BCUT2D eigenvalue weighted by molar-refractivity contribution is 0.226. The number of aryl methyl sites for hydroxylation is 1. The molecule has 4 rings (SSSR count). The number of benzene rings is 2. The van der Waals surface area contributed by atoms with E-state index in [4.69, 9.17) is 9.72 Å². The van der Waals surface area contributed by atoms with Gasteiger partial charge in [-0.05, 0) is 79.3 Å². The molecule has 4 nitrogen and oxygen atoms in total. The Bertz CT molecular complexity index is 1320. The van der Waals surface area contributed by atoms with Gasteiger partial charge < -0.3 is 4.74 Å². The van der Waals surface area contributed by atoms with Gasteiger partial charge in [0.15, 0.2) is 0 Å². The predicted octanol–water partition coefficient (Wildman–Crippen LogP) is 5.86. The first kappa shape index (κ1) is 20.5. The van der Waals surface area contributed by atoms with Crippen LogP contribution in [0.25, 0.3) is 16.9 Å². The number of pyridine rings is 1. The molecule has 0 saturated heterocycles. The number of hydrogen-bond acceptors (Lipinski definition) is 3. The first-order valence-corrected chi connectivity index (χ1v) is 10.6. The molecule has 0 radical (unpaired) electrons. The Hall–Kier alpha value is -2.74. The molecule has 2 aromatic heterocycles. The van der Waals surface area contributed by atoms with E-state index in [1.807, 2.05) is 44.2 Å². The Balaban J connectivity index is 1.91. The van der Waals surface area contributed by atoms with Gasteiger partial charge in [-0.15, -0.1) is 0 Å². The van der Waals surface area contributed by atoms with E-state index in [1.165, 1.54) is 12.1 Å². The van der Waals surface area contributed by atoms with Crippen LogP contribution in [0.5, 0.6) is 5.75 Å². The van der Waals surface area contributed by atoms with Crippen LogP contribution >= 0.6 is 22.6 Å². The van der Waals surface area contributed by atoms with Gasteiger partial charge in [-0.3, -0.25) is 9.20 Å². The lowest BCUT2D eigenvalue weighted by atomic mass is 10.1. The van der Waals surface area contributed by atoms with Gasteiger partial charge in [0.1, 0.15) is 23.3 Å². The molecule has 2 heterocycles. The lowest BCUT2D eigenvalue weighted by Crippen LogP contribution is -2.21. The topological polar surface area (TPSA) is 43.6 Å².